The molecule has 0 atom stereocenters. The first kappa shape index (κ1) is 11.1. The van der Waals surface area contributed by atoms with E-state index in [2.05, 4.69) is 55.6 Å². The maximum atomic E-state index is 4.50. The normalized spacial score (nSPS) is 9.43. The third kappa shape index (κ3) is 2.08. The van der Waals surface area contributed by atoms with Gasteiger partial charge in [-0.2, -0.15) is 0 Å². The van der Waals surface area contributed by atoms with Crippen molar-refractivity contribution in [3.63, 3.8) is 0 Å². The maximum absolute atomic E-state index is 4.50. The first-order valence-corrected chi connectivity index (χ1v) is 4.99. The third-order valence-electron chi connectivity index (χ3n) is 2.17. The Labute approximate surface area is 90.3 Å². The van der Waals surface area contributed by atoms with Crippen molar-refractivity contribution in [1.82, 2.24) is 0 Å². The van der Waals surface area contributed by atoms with Crippen LogP contribution in [0.5, 0.6) is 0 Å². The lowest BCUT2D eigenvalue weighted by molar-refractivity contribution is 1.36. The summed E-state index contributed by atoms with van der Waals surface area (Å²) in [5, 5.41) is 2.58. The molecule has 2 rings (SSSR count). The van der Waals surface area contributed by atoms with E-state index in [0.717, 1.165) is 4.90 Å². The molecular weight excluding hydrogens is 190 g/mol. The molecule has 0 aliphatic heterocycles. The van der Waals surface area contributed by atoms with E-state index in [4.69, 9.17) is 0 Å². The number of fused-ring (bicyclic) bond motifs is 1. The number of benzene rings is 2. The second kappa shape index (κ2) is 5.03. The van der Waals surface area contributed by atoms with Crippen molar-refractivity contribution >= 4 is 23.4 Å². The van der Waals surface area contributed by atoms with E-state index in [9.17, 15) is 0 Å². The van der Waals surface area contributed by atoms with Crippen molar-refractivity contribution in [3.8, 4) is 0 Å². The zero-order valence-electron chi connectivity index (χ0n) is 8.49. The monoisotopic (exact) mass is 205 g/mol. The van der Waals surface area contributed by atoms with Gasteiger partial charge in [-0.25, -0.2) is 0 Å². The van der Waals surface area contributed by atoms with E-state index >= 15 is 0 Å². The first-order chi connectivity index (χ1) is 6.79. The van der Waals surface area contributed by atoms with E-state index < -0.39 is 0 Å². The van der Waals surface area contributed by atoms with Gasteiger partial charge in [0.25, 0.3) is 0 Å². The van der Waals surface area contributed by atoms with Crippen LogP contribution in [-0.2, 0) is 0 Å². The van der Waals surface area contributed by atoms with E-state index in [1.54, 1.807) is 0 Å². The van der Waals surface area contributed by atoms with Gasteiger partial charge in [0.15, 0.2) is 0 Å². The van der Waals surface area contributed by atoms with E-state index in [0.29, 0.717) is 0 Å². The summed E-state index contributed by atoms with van der Waals surface area (Å²) >= 11 is 4.37. The minimum Gasteiger partial charge on any atom is -0.333 e. The van der Waals surface area contributed by atoms with Crippen molar-refractivity contribution in [3.05, 3.63) is 42.0 Å². The third-order valence-corrected chi connectivity index (χ3v) is 2.65. The molecule has 2 N–H and O–H groups in total. The van der Waals surface area contributed by atoms with Gasteiger partial charge in [-0.1, -0.05) is 30.3 Å². The second-order valence-corrected chi connectivity index (χ2v) is 3.41. The van der Waals surface area contributed by atoms with Crippen LogP contribution in [0, 0.1) is 6.92 Å². The van der Waals surface area contributed by atoms with E-state index in [-0.39, 0.29) is 0 Å². The van der Waals surface area contributed by atoms with Crippen molar-refractivity contribution in [1.29, 1.82) is 0 Å². The van der Waals surface area contributed by atoms with Crippen LogP contribution in [0.3, 0.4) is 0 Å². The average molecular weight is 205 g/mol. The lowest BCUT2D eigenvalue weighted by Crippen LogP contribution is -1.79. The smallest absolute Gasteiger partial charge is 0.00756 e. The predicted molar refractivity (Wildman–Crippen MR) is 66.0 cm³/mol. The molecular formula is C12H15NS. The lowest BCUT2D eigenvalue weighted by Gasteiger charge is -2.03. The molecule has 0 fully saturated rings. The van der Waals surface area contributed by atoms with Crippen LogP contribution in [0.25, 0.3) is 10.8 Å². The van der Waals surface area contributed by atoms with Gasteiger partial charge in [0.2, 0.25) is 0 Å². The molecule has 0 heterocycles. The summed E-state index contributed by atoms with van der Waals surface area (Å²) in [6.07, 6.45) is 0. The van der Waals surface area contributed by atoms with Crippen molar-refractivity contribution in [2.24, 2.45) is 5.73 Å². The van der Waals surface area contributed by atoms with Gasteiger partial charge in [-0.15, -0.1) is 12.6 Å². The molecule has 14 heavy (non-hydrogen) atoms. The fourth-order valence-corrected chi connectivity index (χ4v) is 1.61. The van der Waals surface area contributed by atoms with Crippen molar-refractivity contribution in [2.75, 3.05) is 7.05 Å². The van der Waals surface area contributed by atoms with Crippen LogP contribution in [0.2, 0.25) is 0 Å². The Balaban J connectivity index is 0.000000461. The Kier molecular flexibility index (Phi) is 3.98. The summed E-state index contributed by atoms with van der Waals surface area (Å²) in [6.45, 7) is 2.10. The Morgan fingerprint density at radius 1 is 1.00 bits per heavy atom. The summed E-state index contributed by atoms with van der Waals surface area (Å²) in [4.78, 5) is 1.06. The molecule has 74 valence electrons. The number of rotatable bonds is 0. The summed E-state index contributed by atoms with van der Waals surface area (Å²) < 4.78 is 0. The minimum absolute atomic E-state index is 1.06. The molecule has 0 aliphatic rings. The highest BCUT2D eigenvalue weighted by atomic mass is 32.1. The standard InChI is InChI=1S/C11H10S.CH5N/c1-8-10-5-3-2-4-9(10)6-7-11(8)12;1-2/h2-7,12H,1H3;2H2,1H3. The van der Waals surface area contributed by atoms with Gasteiger partial charge in [-0.3, -0.25) is 0 Å². The largest absolute Gasteiger partial charge is 0.333 e. The van der Waals surface area contributed by atoms with Gasteiger partial charge in [0, 0.05) is 4.90 Å². The molecule has 2 aromatic carbocycles. The molecule has 0 unspecified atom stereocenters. The van der Waals surface area contributed by atoms with Gasteiger partial charge >= 0.3 is 0 Å². The van der Waals surface area contributed by atoms with Crippen LogP contribution in [0.4, 0.5) is 0 Å². The Morgan fingerprint density at radius 3 is 2.36 bits per heavy atom. The van der Waals surface area contributed by atoms with E-state index in [1.165, 1.54) is 23.4 Å². The lowest BCUT2D eigenvalue weighted by atomic mass is 10.1. The highest BCUT2D eigenvalue weighted by Crippen LogP contribution is 2.23. The van der Waals surface area contributed by atoms with Gasteiger partial charge in [0.1, 0.15) is 0 Å². The van der Waals surface area contributed by atoms with Gasteiger partial charge < -0.3 is 5.73 Å². The average Bonchev–Trinajstić information content (AvgIpc) is 2.27. The van der Waals surface area contributed by atoms with Gasteiger partial charge in [-0.05, 0) is 36.4 Å². The predicted octanol–water partition coefficient (Wildman–Crippen LogP) is 3.01. The van der Waals surface area contributed by atoms with Crippen LogP contribution in [0.15, 0.2) is 41.3 Å². The molecule has 0 radical (unpaired) electrons. The van der Waals surface area contributed by atoms with Crippen molar-refractivity contribution in [2.45, 2.75) is 11.8 Å². The van der Waals surface area contributed by atoms with Crippen LogP contribution < -0.4 is 5.73 Å². The minimum atomic E-state index is 1.06. The Morgan fingerprint density at radius 2 is 1.64 bits per heavy atom. The maximum Gasteiger partial charge on any atom is 0.00756 e. The fourth-order valence-electron chi connectivity index (χ4n) is 1.42. The molecule has 0 aliphatic carbocycles. The molecule has 2 aromatic rings. The number of nitrogens with two attached hydrogens (primary N) is 1. The molecule has 0 aromatic heterocycles. The molecule has 0 amide bonds. The number of aryl methyl sites for hydroxylation is 1. The first-order valence-electron chi connectivity index (χ1n) is 4.54. The van der Waals surface area contributed by atoms with Crippen LogP contribution in [0.1, 0.15) is 5.56 Å². The van der Waals surface area contributed by atoms with Gasteiger partial charge in [0.05, 0.1) is 0 Å². The summed E-state index contributed by atoms with van der Waals surface area (Å²) in [6, 6.07) is 12.5. The van der Waals surface area contributed by atoms with Crippen LogP contribution in [-0.4, -0.2) is 7.05 Å². The number of hydrogen-bond acceptors (Lipinski definition) is 2. The zero-order chi connectivity index (χ0) is 10.6. The molecule has 1 nitrogen and oxygen atoms in total. The Hall–Kier alpha value is -0.990. The van der Waals surface area contributed by atoms with Crippen LogP contribution >= 0.6 is 12.6 Å². The Bertz CT molecular complexity index is 424. The summed E-state index contributed by atoms with van der Waals surface area (Å²) in [7, 11) is 1.50. The second-order valence-electron chi connectivity index (χ2n) is 2.93. The number of hydrogen-bond donors (Lipinski definition) is 2. The highest BCUT2D eigenvalue weighted by Gasteiger charge is 1.98. The zero-order valence-corrected chi connectivity index (χ0v) is 9.38. The SMILES string of the molecule is CN.Cc1c(S)ccc2ccccc12. The molecule has 0 saturated carbocycles. The van der Waals surface area contributed by atoms with E-state index in [1.807, 2.05) is 6.07 Å². The topological polar surface area (TPSA) is 26.0 Å². The molecule has 2 heteroatoms. The quantitative estimate of drug-likeness (QED) is 0.635. The highest BCUT2D eigenvalue weighted by molar-refractivity contribution is 7.80. The summed E-state index contributed by atoms with van der Waals surface area (Å²) in [5.74, 6) is 0. The summed E-state index contributed by atoms with van der Waals surface area (Å²) in [5.41, 5.74) is 5.76. The molecule has 0 saturated heterocycles. The fraction of sp³-hybridized carbons (Fsp3) is 0.167. The molecule has 0 spiro atoms. The van der Waals surface area contributed by atoms with Crippen molar-refractivity contribution < 1.29 is 0 Å². The number of thiol groups is 1. The molecule has 0 bridgehead atoms.